The van der Waals surface area contributed by atoms with Gasteiger partial charge in [0.05, 0.1) is 0 Å². The fourth-order valence-electron chi connectivity index (χ4n) is 2.01. The van der Waals surface area contributed by atoms with Crippen LogP contribution >= 0.6 is 15.9 Å². The highest BCUT2D eigenvalue weighted by Gasteiger charge is 2.13. The Hall–Kier alpha value is -0.280. The van der Waals surface area contributed by atoms with E-state index in [1.165, 1.54) is 25.8 Å². The van der Waals surface area contributed by atoms with Crippen LogP contribution in [0.2, 0.25) is 0 Å². The van der Waals surface area contributed by atoms with E-state index in [4.69, 9.17) is 4.42 Å². The van der Waals surface area contributed by atoms with Gasteiger partial charge in [0.1, 0.15) is 5.76 Å². The van der Waals surface area contributed by atoms with E-state index in [1.807, 2.05) is 6.07 Å². The van der Waals surface area contributed by atoms with Gasteiger partial charge in [-0.05, 0) is 59.9 Å². The Morgan fingerprint density at radius 1 is 1.43 bits per heavy atom. The van der Waals surface area contributed by atoms with E-state index in [9.17, 15) is 0 Å². The van der Waals surface area contributed by atoms with Crippen molar-refractivity contribution in [1.29, 1.82) is 0 Å². The molecule has 0 radical (unpaired) electrons. The van der Waals surface area contributed by atoms with Crippen molar-refractivity contribution >= 4 is 15.9 Å². The standard InChI is InChI=1S/C11H16BrNO/c12-11-5-4-10(14-11)7-9-3-1-2-6-13-8-9/h4-5,9,13H,1-3,6-8H2. The first-order valence-corrected chi connectivity index (χ1v) is 6.09. The predicted octanol–water partition coefficient (Wildman–Crippen LogP) is 2.97. The number of furan rings is 1. The van der Waals surface area contributed by atoms with Crippen molar-refractivity contribution in [3.05, 3.63) is 22.6 Å². The second-order valence-corrected chi connectivity index (χ2v) is 4.76. The quantitative estimate of drug-likeness (QED) is 0.882. The van der Waals surface area contributed by atoms with Gasteiger partial charge in [-0.25, -0.2) is 0 Å². The van der Waals surface area contributed by atoms with E-state index < -0.39 is 0 Å². The molecule has 0 amide bonds. The summed E-state index contributed by atoms with van der Waals surface area (Å²) in [7, 11) is 0. The lowest BCUT2D eigenvalue weighted by Crippen LogP contribution is -2.21. The largest absolute Gasteiger partial charge is 0.454 e. The van der Waals surface area contributed by atoms with Crippen LogP contribution in [0.15, 0.2) is 21.2 Å². The Balaban J connectivity index is 1.89. The average Bonchev–Trinajstić information content (AvgIpc) is 2.43. The number of hydrogen-bond acceptors (Lipinski definition) is 2. The SMILES string of the molecule is Brc1ccc(CC2CCCCNC2)o1. The Morgan fingerprint density at radius 3 is 3.14 bits per heavy atom. The van der Waals surface area contributed by atoms with Crippen molar-refractivity contribution in [2.24, 2.45) is 5.92 Å². The van der Waals surface area contributed by atoms with E-state index >= 15 is 0 Å². The maximum Gasteiger partial charge on any atom is 0.169 e. The van der Waals surface area contributed by atoms with Crippen molar-refractivity contribution in [2.75, 3.05) is 13.1 Å². The van der Waals surface area contributed by atoms with Gasteiger partial charge in [-0.2, -0.15) is 0 Å². The summed E-state index contributed by atoms with van der Waals surface area (Å²) in [5.74, 6) is 1.85. The van der Waals surface area contributed by atoms with Gasteiger partial charge in [-0.15, -0.1) is 0 Å². The summed E-state index contributed by atoms with van der Waals surface area (Å²) in [5, 5.41) is 3.47. The molecule has 3 heteroatoms. The maximum absolute atomic E-state index is 5.52. The Bertz CT molecular complexity index is 277. The van der Waals surface area contributed by atoms with Gasteiger partial charge in [-0.3, -0.25) is 0 Å². The van der Waals surface area contributed by atoms with Crippen molar-refractivity contribution in [3.63, 3.8) is 0 Å². The normalized spacial score (nSPS) is 23.4. The lowest BCUT2D eigenvalue weighted by molar-refractivity contribution is 0.408. The summed E-state index contributed by atoms with van der Waals surface area (Å²) in [5.41, 5.74) is 0. The van der Waals surface area contributed by atoms with Crippen molar-refractivity contribution in [1.82, 2.24) is 5.32 Å². The minimum atomic E-state index is 0.746. The van der Waals surface area contributed by atoms with E-state index in [2.05, 4.69) is 27.3 Å². The van der Waals surface area contributed by atoms with Crippen LogP contribution in [0.3, 0.4) is 0 Å². The monoisotopic (exact) mass is 257 g/mol. The zero-order valence-corrected chi connectivity index (χ0v) is 9.85. The van der Waals surface area contributed by atoms with Crippen LogP contribution in [0.25, 0.3) is 0 Å². The molecule has 1 saturated heterocycles. The highest BCUT2D eigenvalue weighted by Crippen LogP contribution is 2.20. The number of rotatable bonds is 2. The van der Waals surface area contributed by atoms with Crippen molar-refractivity contribution in [3.8, 4) is 0 Å². The predicted molar refractivity (Wildman–Crippen MR) is 60.3 cm³/mol. The first-order valence-electron chi connectivity index (χ1n) is 5.29. The summed E-state index contributed by atoms with van der Waals surface area (Å²) < 4.78 is 6.36. The maximum atomic E-state index is 5.52. The summed E-state index contributed by atoms with van der Waals surface area (Å²) in [6.07, 6.45) is 5.06. The minimum Gasteiger partial charge on any atom is -0.454 e. The fourth-order valence-corrected chi connectivity index (χ4v) is 2.35. The molecule has 2 heterocycles. The van der Waals surface area contributed by atoms with Gasteiger partial charge in [0.25, 0.3) is 0 Å². The second kappa shape index (κ2) is 4.99. The third kappa shape index (κ3) is 2.85. The Morgan fingerprint density at radius 2 is 2.36 bits per heavy atom. The van der Waals surface area contributed by atoms with E-state index in [0.29, 0.717) is 0 Å². The first-order chi connectivity index (χ1) is 6.84. The molecule has 1 aliphatic rings. The summed E-state index contributed by atoms with van der Waals surface area (Å²) in [6.45, 7) is 2.32. The zero-order chi connectivity index (χ0) is 9.80. The molecule has 0 spiro atoms. The van der Waals surface area contributed by atoms with Gasteiger partial charge in [0.15, 0.2) is 4.67 Å². The third-order valence-electron chi connectivity index (χ3n) is 2.77. The molecule has 1 atom stereocenters. The lowest BCUT2D eigenvalue weighted by atomic mass is 9.98. The smallest absolute Gasteiger partial charge is 0.169 e. The van der Waals surface area contributed by atoms with Crippen LogP contribution in [-0.4, -0.2) is 13.1 Å². The molecule has 14 heavy (non-hydrogen) atoms. The van der Waals surface area contributed by atoms with Gasteiger partial charge in [0, 0.05) is 6.42 Å². The molecule has 2 nitrogen and oxygen atoms in total. The Kier molecular flexibility index (Phi) is 3.65. The molecule has 0 aliphatic carbocycles. The molecule has 0 aromatic carbocycles. The second-order valence-electron chi connectivity index (χ2n) is 3.98. The zero-order valence-electron chi connectivity index (χ0n) is 8.26. The molecule has 0 saturated carbocycles. The van der Waals surface area contributed by atoms with Crippen LogP contribution in [0.4, 0.5) is 0 Å². The van der Waals surface area contributed by atoms with Crippen LogP contribution in [0, 0.1) is 5.92 Å². The molecule has 1 fully saturated rings. The van der Waals surface area contributed by atoms with Crippen LogP contribution < -0.4 is 5.32 Å². The molecule has 78 valence electrons. The first kappa shape index (κ1) is 10.2. The van der Waals surface area contributed by atoms with Crippen LogP contribution in [-0.2, 0) is 6.42 Å². The molecule has 2 rings (SSSR count). The van der Waals surface area contributed by atoms with Gasteiger partial charge in [-0.1, -0.05) is 6.42 Å². The molecule has 1 aromatic heterocycles. The minimum absolute atomic E-state index is 0.746. The summed E-state index contributed by atoms with van der Waals surface area (Å²) in [4.78, 5) is 0. The number of halogens is 1. The van der Waals surface area contributed by atoms with Gasteiger partial charge >= 0.3 is 0 Å². The summed E-state index contributed by atoms with van der Waals surface area (Å²) in [6, 6.07) is 4.04. The van der Waals surface area contributed by atoms with Crippen molar-refractivity contribution in [2.45, 2.75) is 25.7 Å². The highest BCUT2D eigenvalue weighted by atomic mass is 79.9. The average molecular weight is 258 g/mol. The van der Waals surface area contributed by atoms with Gasteiger partial charge in [0.2, 0.25) is 0 Å². The molecule has 1 N–H and O–H groups in total. The van der Waals surface area contributed by atoms with Crippen molar-refractivity contribution < 1.29 is 4.42 Å². The molecular formula is C11H16BrNO. The highest BCUT2D eigenvalue weighted by molar-refractivity contribution is 9.10. The van der Waals surface area contributed by atoms with Crippen LogP contribution in [0.5, 0.6) is 0 Å². The van der Waals surface area contributed by atoms with E-state index in [-0.39, 0.29) is 0 Å². The van der Waals surface area contributed by atoms with Gasteiger partial charge < -0.3 is 9.73 Å². The van der Waals surface area contributed by atoms with E-state index in [1.54, 1.807) is 0 Å². The molecule has 1 aliphatic heterocycles. The van der Waals surface area contributed by atoms with Crippen LogP contribution in [0.1, 0.15) is 25.0 Å². The number of hydrogen-bond donors (Lipinski definition) is 1. The number of nitrogens with one attached hydrogen (secondary N) is 1. The lowest BCUT2D eigenvalue weighted by Gasteiger charge is -2.11. The fraction of sp³-hybridized carbons (Fsp3) is 0.636. The summed E-state index contributed by atoms with van der Waals surface area (Å²) >= 11 is 3.33. The Labute approximate surface area is 93.2 Å². The van der Waals surface area contributed by atoms with E-state index in [0.717, 1.165) is 29.3 Å². The molecule has 1 aromatic rings. The molecule has 1 unspecified atom stereocenters. The molecular weight excluding hydrogens is 242 g/mol. The third-order valence-corrected chi connectivity index (χ3v) is 3.19. The molecule has 0 bridgehead atoms. The topological polar surface area (TPSA) is 25.2 Å².